The summed E-state index contributed by atoms with van der Waals surface area (Å²) in [6.45, 7) is 3.06. The van der Waals surface area contributed by atoms with Crippen LogP contribution in [0.15, 0.2) is 52.9 Å². The number of ether oxygens (including phenoxy) is 2. The average molecular weight is 453 g/mol. The molecule has 5 N–H and O–H groups in total. The monoisotopic (exact) mass is 453 g/mol. The smallest absolute Gasteiger partial charge is 0.404 e. The number of para-hydroxylation sites is 1. The van der Waals surface area contributed by atoms with Crippen molar-refractivity contribution in [2.24, 2.45) is 11.7 Å². The van der Waals surface area contributed by atoms with E-state index >= 15 is 0 Å². The predicted molar refractivity (Wildman–Crippen MR) is 119 cm³/mol. The van der Waals surface area contributed by atoms with Crippen molar-refractivity contribution < 1.29 is 23.9 Å². The number of Topliss-reactive ketones (excluding diaryl/α,β-unsaturated/α-hetero) is 2. The van der Waals surface area contributed by atoms with Gasteiger partial charge in [0.05, 0.1) is 23.4 Å². The Morgan fingerprint density at radius 3 is 2.64 bits per heavy atom. The van der Waals surface area contributed by atoms with E-state index in [1.165, 1.54) is 0 Å². The molecule has 2 fully saturated rings. The van der Waals surface area contributed by atoms with Crippen LogP contribution in [0.3, 0.4) is 0 Å². The molecule has 3 heterocycles. The zero-order valence-corrected chi connectivity index (χ0v) is 18.5. The first kappa shape index (κ1) is 21.5. The molecule has 10 nitrogen and oxygen atoms in total. The normalized spacial score (nSPS) is 29.6. The minimum absolute atomic E-state index is 0.0676. The van der Waals surface area contributed by atoms with Gasteiger partial charge in [0.25, 0.3) is 0 Å². The van der Waals surface area contributed by atoms with Crippen LogP contribution in [-0.2, 0) is 19.1 Å². The highest BCUT2D eigenvalue weighted by molar-refractivity contribution is 6.25. The van der Waals surface area contributed by atoms with E-state index in [1.807, 2.05) is 35.2 Å². The topological polar surface area (TPSA) is 145 Å². The van der Waals surface area contributed by atoms with Gasteiger partial charge in [-0.3, -0.25) is 9.59 Å². The van der Waals surface area contributed by atoms with Gasteiger partial charge in [0.15, 0.2) is 5.72 Å². The summed E-state index contributed by atoms with van der Waals surface area (Å²) in [4.78, 5) is 40.4. The fourth-order valence-electron chi connectivity index (χ4n) is 5.45. The van der Waals surface area contributed by atoms with Crippen LogP contribution in [0.25, 0.3) is 0 Å². The van der Waals surface area contributed by atoms with Gasteiger partial charge < -0.3 is 36.1 Å². The Kier molecular flexibility index (Phi) is 5.13. The summed E-state index contributed by atoms with van der Waals surface area (Å²) in [7, 11) is 1.55. The standard InChI is InChI=1S/C23H27N5O5/c1-12-17(26-9-8-25-13-6-4-3-5-7-13)20(30)16-14(11-33-22(24)31)23(32-2)21-15(27-21)10-28(23)18(16)19(12)29/h3-7,14-15,21,25-27H,8-11H2,1-2H3,(H2,24,31)/t14-,15+,21+,23-/m1/s1. The van der Waals surface area contributed by atoms with E-state index in [0.717, 1.165) is 5.69 Å². The van der Waals surface area contributed by atoms with Crippen LogP contribution < -0.4 is 21.7 Å². The molecule has 1 aliphatic carbocycles. The Morgan fingerprint density at radius 2 is 1.94 bits per heavy atom. The molecule has 0 unspecified atom stereocenters. The summed E-state index contributed by atoms with van der Waals surface area (Å²) >= 11 is 0. The third-order valence-electron chi connectivity index (χ3n) is 6.96. The number of carbonyl (C=O) groups excluding carboxylic acids is 3. The van der Waals surface area contributed by atoms with Crippen LogP contribution in [0.4, 0.5) is 10.5 Å². The van der Waals surface area contributed by atoms with E-state index in [-0.39, 0.29) is 36.0 Å². The number of anilines is 1. The largest absolute Gasteiger partial charge is 0.449 e. The molecule has 33 heavy (non-hydrogen) atoms. The molecular weight excluding hydrogens is 426 g/mol. The van der Waals surface area contributed by atoms with Gasteiger partial charge in [-0.2, -0.15) is 0 Å². The molecular formula is C23H27N5O5. The van der Waals surface area contributed by atoms with Crippen molar-refractivity contribution in [1.82, 2.24) is 15.5 Å². The summed E-state index contributed by atoms with van der Waals surface area (Å²) in [5.41, 5.74) is 6.52. The van der Waals surface area contributed by atoms with E-state index in [0.29, 0.717) is 36.5 Å². The van der Waals surface area contributed by atoms with Gasteiger partial charge in [0, 0.05) is 49.6 Å². The first-order valence-corrected chi connectivity index (χ1v) is 11.0. The number of amides is 1. The lowest BCUT2D eigenvalue weighted by Crippen LogP contribution is -2.55. The van der Waals surface area contributed by atoms with Gasteiger partial charge in [-0.05, 0) is 19.1 Å². The van der Waals surface area contributed by atoms with Crippen LogP contribution >= 0.6 is 0 Å². The Labute approximate surface area is 191 Å². The number of rotatable bonds is 8. The second-order valence-corrected chi connectivity index (χ2v) is 8.64. The first-order chi connectivity index (χ1) is 15.9. The van der Waals surface area contributed by atoms with E-state index in [9.17, 15) is 14.4 Å². The fraction of sp³-hybridized carbons (Fsp3) is 0.435. The van der Waals surface area contributed by atoms with E-state index in [2.05, 4.69) is 16.0 Å². The minimum atomic E-state index is -0.972. The van der Waals surface area contributed by atoms with Crippen molar-refractivity contribution in [3.8, 4) is 0 Å². The Hall–Kier alpha value is -3.37. The number of nitrogens with one attached hydrogen (secondary N) is 3. The molecule has 0 spiro atoms. The average Bonchev–Trinajstić information content (AvgIpc) is 3.42. The quantitative estimate of drug-likeness (QED) is 0.244. The molecule has 4 aliphatic rings. The minimum Gasteiger partial charge on any atom is -0.449 e. The van der Waals surface area contributed by atoms with Crippen LogP contribution in [0.5, 0.6) is 0 Å². The highest BCUT2D eigenvalue weighted by Gasteiger charge is 2.72. The van der Waals surface area contributed by atoms with E-state index in [1.54, 1.807) is 14.0 Å². The van der Waals surface area contributed by atoms with Gasteiger partial charge in [0.2, 0.25) is 11.6 Å². The number of allylic oxidation sites excluding steroid dienone is 2. The number of ketones is 2. The fourth-order valence-corrected chi connectivity index (χ4v) is 5.45. The summed E-state index contributed by atoms with van der Waals surface area (Å²) in [5, 5.41) is 9.76. The number of methoxy groups -OCH3 is 1. The van der Waals surface area contributed by atoms with Crippen molar-refractivity contribution in [2.45, 2.75) is 24.7 Å². The first-order valence-electron chi connectivity index (χ1n) is 11.0. The molecule has 1 amide bonds. The van der Waals surface area contributed by atoms with Crippen LogP contribution in [0.2, 0.25) is 0 Å². The molecule has 0 saturated carbocycles. The molecule has 0 radical (unpaired) electrons. The number of benzene rings is 1. The lowest BCUT2D eigenvalue weighted by Gasteiger charge is -2.39. The van der Waals surface area contributed by atoms with E-state index < -0.39 is 17.7 Å². The second-order valence-electron chi connectivity index (χ2n) is 8.64. The van der Waals surface area contributed by atoms with Crippen LogP contribution in [0.1, 0.15) is 6.92 Å². The molecule has 3 aliphatic heterocycles. The van der Waals surface area contributed by atoms with Crippen LogP contribution in [-0.4, -0.2) is 73.7 Å². The van der Waals surface area contributed by atoms with Gasteiger partial charge in [-0.25, -0.2) is 4.79 Å². The van der Waals surface area contributed by atoms with Gasteiger partial charge >= 0.3 is 6.09 Å². The Balaban J connectivity index is 1.39. The van der Waals surface area contributed by atoms with Crippen LogP contribution in [0, 0.1) is 5.92 Å². The van der Waals surface area contributed by atoms with Crippen molar-refractivity contribution in [3.05, 3.63) is 52.9 Å². The van der Waals surface area contributed by atoms with Gasteiger partial charge in [0.1, 0.15) is 6.61 Å². The molecule has 4 atom stereocenters. The molecule has 10 heteroatoms. The van der Waals surface area contributed by atoms with Crippen molar-refractivity contribution in [3.63, 3.8) is 0 Å². The summed E-state index contributed by atoms with van der Waals surface area (Å²) < 4.78 is 11.1. The zero-order valence-electron chi connectivity index (χ0n) is 18.5. The molecule has 5 rings (SSSR count). The number of hydrogen-bond acceptors (Lipinski definition) is 9. The number of primary amides is 1. The zero-order chi connectivity index (χ0) is 23.3. The molecule has 2 saturated heterocycles. The number of carbonyl (C=O) groups is 3. The number of nitrogens with two attached hydrogens (primary N) is 1. The summed E-state index contributed by atoms with van der Waals surface area (Å²) in [6.07, 6.45) is -0.938. The highest BCUT2D eigenvalue weighted by atomic mass is 16.6. The summed E-state index contributed by atoms with van der Waals surface area (Å²) in [5.74, 6) is -1.13. The maximum Gasteiger partial charge on any atom is 0.404 e. The maximum atomic E-state index is 13.7. The number of fused-ring (bicyclic) bond motifs is 4. The number of piperazine rings is 1. The highest BCUT2D eigenvalue weighted by Crippen LogP contribution is 2.55. The number of hydrogen-bond donors (Lipinski definition) is 4. The van der Waals surface area contributed by atoms with Gasteiger partial charge in [-0.15, -0.1) is 0 Å². The van der Waals surface area contributed by atoms with E-state index in [4.69, 9.17) is 15.2 Å². The van der Waals surface area contributed by atoms with Crippen molar-refractivity contribution >= 4 is 23.3 Å². The lowest BCUT2D eigenvalue weighted by molar-refractivity contribution is -0.137. The Morgan fingerprint density at radius 1 is 1.21 bits per heavy atom. The molecule has 1 aromatic rings. The van der Waals surface area contributed by atoms with Crippen molar-refractivity contribution in [1.29, 1.82) is 0 Å². The third-order valence-corrected chi connectivity index (χ3v) is 6.96. The number of nitrogens with zero attached hydrogens (tertiary/aromatic N) is 1. The molecule has 1 aromatic carbocycles. The molecule has 0 aromatic heterocycles. The predicted octanol–water partition coefficient (Wildman–Crippen LogP) is 0.0918. The van der Waals surface area contributed by atoms with Gasteiger partial charge in [-0.1, -0.05) is 18.2 Å². The summed E-state index contributed by atoms with van der Waals surface area (Å²) in [6, 6.07) is 9.81. The molecule has 0 bridgehead atoms. The van der Waals surface area contributed by atoms with Crippen molar-refractivity contribution in [2.75, 3.05) is 38.7 Å². The Bertz CT molecular complexity index is 1080. The third kappa shape index (κ3) is 3.20. The SMILES string of the molecule is CO[C@@]12[C@H](COC(N)=O)C3=C(C(=O)C(C)=C(NCCNc4ccccc4)C3=O)N1C[C@@H]1N[C@@H]12. The maximum absolute atomic E-state index is 13.7. The molecule has 174 valence electrons. The second kappa shape index (κ2) is 7.89. The lowest BCUT2D eigenvalue weighted by atomic mass is 9.82.